The summed E-state index contributed by atoms with van der Waals surface area (Å²) in [4.78, 5) is 16.9. The average Bonchev–Trinajstić information content (AvgIpc) is 2.93. The average molecular weight is 454 g/mol. The lowest BCUT2D eigenvalue weighted by Crippen LogP contribution is -2.24. The number of halogens is 2. The molecule has 154 valence electrons. The Bertz CT molecular complexity index is 1110. The number of aromatic nitrogens is 2. The first-order valence-corrected chi connectivity index (χ1v) is 10.5. The summed E-state index contributed by atoms with van der Waals surface area (Å²) in [5.41, 5.74) is 2.97. The van der Waals surface area contributed by atoms with Gasteiger partial charge >= 0.3 is 0 Å². The molecular weight excluding hydrogens is 433 g/mol. The summed E-state index contributed by atoms with van der Waals surface area (Å²) in [6, 6.07) is 11.8. The molecule has 2 N–H and O–H groups in total. The van der Waals surface area contributed by atoms with Crippen LogP contribution in [0.4, 0.5) is 0 Å². The highest BCUT2D eigenvalue weighted by molar-refractivity contribution is 7.89. The van der Waals surface area contributed by atoms with E-state index in [-0.39, 0.29) is 24.6 Å². The number of carbonyl (C=O) groups is 1. The molecule has 0 aliphatic carbocycles. The summed E-state index contributed by atoms with van der Waals surface area (Å²) in [6.45, 7) is 1.82. The predicted molar refractivity (Wildman–Crippen MR) is 116 cm³/mol. The summed E-state index contributed by atoms with van der Waals surface area (Å²) in [5.74, 6) is -0.156. The maximum atomic E-state index is 12.9. The number of ketones is 1. The molecule has 2 heterocycles. The van der Waals surface area contributed by atoms with Gasteiger partial charge in [0.2, 0.25) is 15.8 Å². The molecule has 9 heteroatoms. The van der Waals surface area contributed by atoms with Gasteiger partial charge in [-0.25, -0.2) is 13.6 Å². The maximum absolute atomic E-state index is 12.9. The predicted octanol–water partition coefficient (Wildman–Crippen LogP) is 3.61. The van der Waals surface area contributed by atoms with Gasteiger partial charge in [-0.2, -0.15) is 0 Å². The van der Waals surface area contributed by atoms with Crippen molar-refractivity contribution in [1.82, 2.24) is 9.55 Å². The summed E-state index contributed by atoms with van der Waals surface area (Å²) >= 11 is 5.90. The number of pyridine rings is 1. The Hall–Kier alpha value is -2.19. The van der Waals surface area contributed by atoms with E-state index in [9.17, 15) is 13.2 Å². The van der Waals surface area contributed by atoms with Gasteiger partial charge in [-0.1, -0.05) is 17.7 Å². The third-order valence-electron chi connectivity index (χ3n) is 4.69. The van der Waals surface area contributed by atoms with Crippen LogP contribution in [0.1, 0.15) is 38.1 Å². The van der Waals surface area contributed by atoms with E-state index >= 15 is 0 Å². The van der Waals surface area contributed by atoms with Gasteiger partial charge in [-0.3, -0.25) is 9.78 Å². The summed E-state index contributed by atoms with van der Waals surface area (Å²) in [5, 5.41) is 5.07. The van der Waals surface area contributed by atoms with Gasteiger partial charge in [0.15, 0.2) is 0 Å². The number of carbonyl (C=O) groups excluding carboxylic acids is 1. The van der Waals surface area contributed by atoms with Crippen molar-refractivity contribution in [3.63, 3.8) is 0 Å². The molecule has 0 saturated heterocycles. The van der Waals surface area contributed by atoms with Crippen LogP contribution < -0.4 is 5.14 Å². The minimum atomic E-state index is -3.87. The fourth-order valence-electron chi connectivity index (χ4n) is 3.27. The fraction of sp³-hybridized carbons (Fsp3) is 0.200. The molecule has 1 aromatic carbocycles. The first kappa shape index (κ1) is 23.1. The minimum absolute atomic E-state index is 0. The van der Waals surface area contributed by atoms with Crippen LogP contribution in [0, 0.1) is 6.92 Å². The maximum Gasteiger partial charge on any atom is 0.216 e. The van der Waals surface area contributed by atoms with E-state index in [1.807, 2.05) is 13.0 Å². The number of nitrogens with zero attached hydrogens (tertiary/aromatic N) is 2. The molecule has 3 rings (SSSR count). The molecule has 0 fully saturated rings. The van der Waals surface area contributed by atoms with Crippen molar-refractivity contribution < 1.29 is 13.2 Å². The Labute approximate surface area is 181 Å². The molecule has 1 atom stereocenters. The van der Waals surface area contributed by atoms with Gasteiger partial charge in [-0.05, 0) is 54.4 Å². The van der Waals surface area contributed by atoms with E-state index in [4.69, 9.17) is 16.7 Å². The number of rotatable bonds is 6. The first-order chi connectivity index (χ1) is 13.2. The third kappa shape index (κ3) is 5.05. The van der Waals surface area contributed by atoms with E-state index < -0.39 is 15.3 Å². The lowest BCUT2D eigenvalue weighted by Gasteiger charge is -2.16. The van der Waals surface area contributed by atoms with Crippen LogP contribution in [0.5, 0.6) is 0 Å². The highest BCUT2D eigenvalue weighted by atomic mass is 35.5. The number of sulfonamides is 1. The fourth-order valence-corrected chi connectivity index (χ4v) is 4.32. The zero-order valence-corrected chi connectivity index (χ0v) is 18.3. The monoisotopic (exact) mass is 453 g/mol. The lowest BCUT2D eigenvalue weighted by molar-refractivity contribution is 0.103. The molecule has 3 aromatic rings. The normalized spacial score (nSPS) is 12.3. The van der Waals surface area contributed by atoms with Crippen LogP contribution in [0.15, 0.2) is 54.9 Å². The van der Waals surface area contributed by atoms with Crippen LogP contribution in [0.3, 0.4) is 0 Å². The van der Waals surface area contributed by atoms with Gasteiger partial charge in [0, 0.05) is 42.1 Å². The molecule has 6 nitrogen and oxygen atoms in total. The highest BCUT2D eigenvalue weighted by Crippen LogP contribution is 2.27. The molecule has 0 saturated carbocycles. The van der Waals surface area contributed by atoms with Crippen LogP contribution in [0.2, 0.25) is 5.02 Å². The van der Waals surface area contributed by atoms with Crippen molar-refractivity contribution in [2.24, 2.45) is 12.2 Å². The van der Waals surface area contributed by atoms with Gasteiger partial charge in [0.25, 0.3) is 0 Å². The van der Waals surface area contributed by atoms with Crippen LogP contribution in [0.25, 0.3) is 0 Å². The zero-order chi connectivity index (χ0) is 20.5. The van der Waals surface area contributed by atoms with Crippen molar-refractivity contribution in [2.45, 2.75) is 18.6 Å². The lowest BCUT2D eigenvalue weighted by atomic mass is 10.1. The van der Waals surface area contributed by atoms with Gasteiger partial charge in [-0.15, -0.1) is 12.4 Å². The Morgan fingerprint density at radius 1 is 1.24 bits per heavy atom. The second-order valence-corrected chi connectivity index (χ2v) is 8.81. The highest BCUT2D eigenvalue weighted by Gasteiger charge is 2.27. The number of benzene rings is 1. The second-order valence-electron chi connectivity index (χ2n) is 6.63. The molecule has 29 heavy (non-hydrogen) atoms. The molecule has 0 spiro atoms. The Balaban J connectivity index is 0.00000300. The molecule has 2 aromatic heterocycles. The van der Waals surface area contributed by atoms with E-state index in [0.717, 1.165) is 5.56 Å². The molecule has 0 radical (unpaired) electrons. The molecule has 0 aliphatic rings. The van der Waals surface area contributed by atoms with Crippen LogP contribution in [-0.4, -0.2) is 23.8 Å². The number of nitrogens with two attached hydrogens (primary N) is 1. The standard InChI is InChI=1S/C20H20ClN3O3S.ClH/c1-13-10-17(11-18(28(22,26)27)15-4-3-9-23-12-15)24(2)19(13)20(25)14-5-7-16(21)8-6-14;/h3-10,12,18H,11H2,1-2H3,(H2,22,26,27);1H. The number of hydrogen-bond acceptors (Lipinski definition) is 4. The summed E-state index contributed by atoms with van der Waals surface area (Å²) in [6.07, 6.45) is 3.19. The molecular formula is C20H21Cl2N3O3S. The topological polar surface area (TPSA) is 95.0 Å². The smallest absolute Gasteiger partial charge is 0.216 e. The van der Waals surface area contributed by atoms with Gasteiger partial charge in [0.1, 0.15) is 5.25 Å². The van der Waals surface area contributed by atoms with Gasteiger partial charge < -0.3 is 4.57 Å². The van der Waals surface area contributed by atoms with Crippen LogP contribution >= 0.6 is 24.0 Å². The SMILES string of the molecule is Cc1cc(CC(c2cccnc2)S(N)(=O)=O)n(C)c1C(=O)c1ccc(Cl)cc1.Cl. The first-order valence-electron chi connectivity index (χ1n) is 8.55. The number of aryl methyl sites for hydroxylation is 1. The van der Waals surface area contributed by atoms with Crippen LogP contribution in [-0.2, 0) is 23.5 Å². The number of primary sulfonamides is 1. The van der Waals surface area contributed by atoms with Crippen molar-refractivity contribution in [1.29, 1.82) is 0 Å². The molecule has 1 unspecified atom stereocenters. The van der Waals surface area contributed by atoms with Crippen molar-refractivity contribution in [3.8, 4) is 0 Å². The molecule has 0 aliphatic heterocycles. The van der Waals surface area contributed by atoms with Crippen molar-refractivity contribution in [2.75, 3.05) is 0 Å². The van der Waals surface area contributed by atoms with E-state index in [1.165, 1.54) is 6.20 Å². The second kappa shape index (κ2) is 9.09. The molecule has 0 bridgehead atoms. The Morgan fingerprint density at radius 2 is 1.90 bits per heavy atom. The van der Waals surface area contributed by atoms with E-state index in [1.54, 1.807) is 54.2 Å². The summed E-state index contributed by atoms with van der Waals surface area (Å²) in [7, 11) is -2.12. The quantitative estimate of drug-likeness (QED) is 0.576. The van der Waals surface area contributed by atoms with E-state index in [0.29, 0.717) is 27.5 Å². The third-order valence-corrected chi connectivity index (χ3v) is 6.18. The van der Waals surface area contributed by atoms with E-state index in [2.05, 4.69) is 4.98 Å². The summed E-state index contributed by atoms with van der Waals surface area (Å²) < 4.78 is 26.1. The van der Waals surface area contributed by atoms with Crippen molar-refractivity contribution >= 4 is 39.8 Å². The number of hydrogen-bond donors (Lipinski definition) is 1. The Kier molecular flexibility index (Phi) is 7.24. The molecule has 0 amide bonds. The minimum Gasteiger partial charge on any atom is -0.345 e. The van der Waals surface area contributed by atoms with Crippen molar-refractivity contribution in [3.05, 3.63) is 88.0 Å². The Morgan fingerprint density at radius 3 is 2.45 bits per heavy atom. The van der Waals surface area contributed by atoms with Gasteiger partial charge in [0.05, 0.1) is 5.69 Å². The largest absolute Gasteiger partial charge is 0.345 e. The zero-order valence-electron chi connectivity index (χ0n) is 15.9.